The molecule has 2 fully saturated rings. The molecule has 3 rings (SSSR count). The standard InChI is InChI=1S/C17H22Cl2N2O4/c18-14-2-1-11(5-15(14)19)17-12(6-20-3-4-25-17)9-24-10-16(23)21-7-13(22)8-21/h1-2,5,12-13,17,20,22H,3-4,6-10H2. The summed E-state index contributed by atoms with van der Waals surface area (Å²) in [7, 11) is 0. The third-order valence-corrected chi connectivity index (χ3v) is 5.19. The molecule has 1 aromatic rings. The van der Waals surface area contributed by atoms with Crippen molar-refractivity contribution in [3.63, 3.8) is 0 Å². The average molecular weight is 389 g/mol. The Balaban J connectivity index is 1.58. The summed E-state index contributed by atoms with van der Waals surface area (Å²) in [4.78, 5) is 13.5. The summed E-state index contributed by atoms with van der Waals surface area (Å²) in [6, 6.07) is 5.49. The maximum absolute atomic E-state index is 11.9. The van der Waals surface area contributed by atoms with Crippen molar-refractivity contribution in [1.82, 2.24) is 10.2 Å². The summed E-state index contributed by atoms with van der Waals surface area (Å²) in [6.07, 6.45) is -0.576. The lowest BCUT2D eigenvalue weighted by atomic mass is 9.96. The Labute approximate surface area is 157 Å². The number of aliphatic hydroxyl groups is 1. The minimum Gasteiger partial charge on any atom is -0.389 e. The Morgan fingerprint density at radius 1 is 1.36 bits per heavy atom. The van der Waals surface area contributed by atoms with Gasteiger partial charge in [-0.3, -0.25) is 4.79 Å². The summed E-state index contributed by atoms with van der Waals surface area (Å²) in [5, 5.41) is 13.6. The molecular weight excluding hydrogens is 367 g/mol. The van der Waals surface area contributed by atoms with E-state index in [2.05, 4.69) is 5.32 Å². The minimum absolute atomic E-state index is 0.0112. The van der Waals surface area contributed by atoms with Crippen molar-refractivity contribution in [1.29, 1.82) is 0 Å². The van der Waals surface area contributed by atoms with E-state index in [1.54, 1.807) is 11.0 Å². The van der Waals surface area contributed by atoms with Crippen LogP contribution >= 0.6 is 23.2 Å². The number of rotatable bonds is 5. The van der Waals surface area contributed by atoms with Gasteiger partial charge in [-0.15, -0.1) is 0 Å². The molecule has 2 unspecified atom stereocenters. The molecule has 0 bridgehead atoms. The van der Waals surface area contributed by atoms with Crippen LogP contribution in [0.2, 0.25) is 10.0 Å². The van der Waals surface area contributed by atoms with Crippen molar-refractivity contribution in [3.05, 3.63) is 33.8 Å². The Hall–Kier alpha value is -0.890. The van der Waals surface area contributed by atoms with Crippen LogP contribution in [0.1, 0.15) is 11.7 Å². The van der Waals surface area contributed by atoms with Crippen molar-refractivity contribution in [2.45, 2.75) is 12.2 Å². The molecule has 138 valence electrons. The van der Waals surface area contributed by atoms with Gasteiger partial charge in [0.25, 0.3) is 0 Å². The molecule has 2 aliphatic rings. The van der Waals surface area contributed by atoms with Crippen molar-refractivity contribution >= 4 is 29.1 Å². The number of amides is 1. The molecule has 2 aliphatic heterocycles. The van der Waals surface area contributed by atoms with Crippen LogP contribution in [0.4, 0.5) is 0 Å². The molecule has 2 heterocycles. The number of carbonyl (C=O) groups excluding carboxylic acids is 1. The van der Waals surface area contributed by atoms with E-state index < -0.39 is 6.10 Å². The van der Waals surface area contributed by atoms with Gasteiger partial charge in [-0.2, -0.15) is 0 Å². The lowest BCUT2D eigenvalue weighted by Gasteiger charge is -2.35. The molecule has 0 radical (unpaired) electrons. The zero-order chi connectivity index (χ0) is 17.8. The second kappa shape index (κ2) is 8.66. The lowest BCUT2D eigenvalue weighted by Crippen LogP contribution is -2.54. The van der Waals surface area contributed by atoms with Gasteiger partial charge in [-0.05, 0) is 17.7 Å². The number of nitrogens with zero attached hydrogens (tertiary/aromatic N) is 1. The average Bonchev–Trinajstić information content (AvgIpc) is 2.80. The van der Waals surface area contributed by atoms with E-state index >= 15 is 0 Å². The lowest BCUT2D eigenvalue weighted by molar-refractivity contribution is -0.147. The van der Waals surface area contributed by atoms with Crippen LogP contribution in [0.25, 0.3) is 0 Å². The van der Waals surface area contributed by atoms with E-state index in [1.165, 1.54) is 0 Å². The zero-order valence-corrected chi connectivity index (χ0v) is 15.3. The molecule has 8 heteroatoms. The Kier molecular flexibility index (Phi) is 6.55. The summed E-state index contributed by atoms with van der Waals surface area (Å²) in [6.45, 7) is 3.26. The van der Waals surface area contributed by atoms with Crippen LogP contribution < -0.4 is 5.32 Å². The summed E-state index contributed by atoms with van der Waals surface area (Å²) >= 11 is 12.1. The summed E-state index contributed by atoms with van der Waals surface area (Å²) in [5.74, 6) is -0.0478. The van der Waals surface area contributed by atoms with E-state index in [-0.39, 0.29) is 24.5 Å². The first-order valence-electron chi connectivity index (χ1n) is 8.35. The van der Waals surface area contributed by atoms with Crippen molar-refractivity contribution < 1.29 is 19.4 Å². The van der Waals surface area contributed by atoms with E-state index in [1.807, 2.05) is 12.1 Å². The Bertz CT molecular complexity index is 610. The van der Waals surface area contributed by atoms with Crippen molar-refractivity contribution in [3.8, 4) is 0 Å². The zero-order valence-electron chi connectivity index (χ0n) is 13.8. The molecule has 0 spiro atoms. The van der Waals surface area contributed by atoms with Crippen LogP contribution in [0.5, 0.6) is 0 Å². The summed E-state index contributed by atoms with van der Waals surface area (Å²) in [5.41, 5.74) is 0.948. The molecule has 1 aromatic carbocycles. The third kappa shape index (κ3) is 4.84. The van der Waals surface area contributed by atoms with E-state index in [9.17, 15) is 9.90 Å². The number of ether oxygens (including phenoxy) is 2. The fraction of sp³-hybridized carbons (Fsp3) is 0.588. The molecule has 25 heavy (non-hydrogen) atoms. The van der Waals surface area contributed by atoms with Crippen molar-refractivity contribution in [2.75, 3.05) is 46.0 Å². The van der Waals surface area contributed by atoms with Crippen LogP contribution in [0.15, 0.2) is 18.2 Å². The number of hydrogen-bond acceptors (Lipinski definition) is 5. The first-order valence-corrected chi connectivity index (χ1v) is 9.11. The molecular formula is C17H22Cl2N2O4. The number of hydrogen-bond donors (Lipinski definition) is 2. The van der Waals surface area contributed by atoms with Crippen LogP contribution in [0.3, 0.4) is 0 Å². The van der Waals surface area contributed by atoms with Crippen LogP contribution in [-0.2, 0) is 14.3 Å². The molecule has 0 aromatic heterocycles. The van der Waals surface area contributed by atoms with Crippen LogP contribution in [0, 0.1) is 5.92 Å². The van der Waals surface area contributed by atoms with E-state index in [0.29, 0.717) is 36.3 Å². The van der Waals surface area contributed by atoms with Crippen molar-refractivity contribution in [2.24, 2.45) is 5.92 Å². The number of β-amino-alcohol motifs (C(OH)–C–C–N with tert-alkyl or cyclic N) is 1. The molecule has 6 nitrogen and oxygen atoms in total. The number of nitrogens with one attached hydrogen (secondary N) is 1. The molecule has 2 atom stereocenters. The van der Waals surface area contributed by atoms with E-state index in [4.69, 9.17) is 32.7 Å². The fourth-order valence-electron chi connectivity index (χ4n) is 3.04. The topological polar surface area (TPSA) is 71.0 Å². The van der Waals surface area contributed by atoms with Gasteiger partial charge in [0.2, 0.25) is 5.91 Å². The minimum atomic E-state index is -0.401. The second-order valence-electron chi connectivity index (χ2n) is 6.40. The number of carbonyl (C=O) groups is 1. The number of halogens is 2. The van der Waals surface area contributed by atoms with Gasteiger partial charge < -0.3 is 24.8 Å². The number of aliphatic hydroxyl groups excluding tert-OH is 1. The largest absolute Gasteiger partial charge is 0.389 e. The SMILES string of the molecule is O=C(COCC1CNCCOC1c1ccc(Cl)c(Cl)c1)N1CC(O)C1. The highest BCUT2D eigenvalue weighted by Crippen LogP contribution is 2.32. The van der Waals surface area contributed by atoms with Gasteiger partial charge in [0, 0.05) is 32.1 Å². The van der Waals surface area contributed by atoms with Gasteiger partial charge in [-0.1, -0.05) is 29.3 Å². The maximum Gasteiger partial charge on any atom is 0.248 e. The van der Waals surface area contributed by atoms with E-state index in [0.717, 1.165) is 18.7 Å². The highest BCUT2D eigenvalue weighted by Gasteiger charge is 2.30. The van der Waals surface area contributed by atoms with Gasteiger partial charge in [-0.25, -0.2) is 0 Å². The van der Waals surface area contributed by atoms with Gasteiger partial charge in [0.1, 0.15) is 6.61 Å². The molecule has 2 saturated heterocycles. The fourth-order valence-corrected chi connectivity index (χ4v) is 3.35. The first kappa shape index (κ1) is 18.9. The predicted octanol–water partition coefficient (Wildman–Crippen LogP) is 1.49. The second-order valence-corrected chi connectivity index (χ2v) is 7.21. The smallest absolute Gasteiger partial charge is 0.248 e. The van der Waals surface area contributed by atoms with Crippen LogP contribution in [-0.4, -0.2) is 68.0 Å². The normalized spacial score (nSPS) is 24.7. The van der Waals surface area contributed by atoms with Gasteiger partial charge in [0.15, 0.2) is 0 Å². The first-order chi connectivity index (χ1) is 12.0. The molecule has 0 aliphatic carbocycles. The predicted molar refractivity (Wildman–Crippen MR) is 94.9 cm³/mol. The highest BCUT2D eigenvalue weighted by molar-refractivity contribution is 6.42. The molecule has 2 N–H and O–H groups in total. The monoisotopic (exact) mass is 388 g/mol. The third-order valence-electron chi connectivity index (χ3n) is 4.46. The highest BCUT2D eigenvalue weighted by atomic mass is 35.5. The summed E-state index contributed by atoms with van der Waals surface area (Å²) < 4.78 is 11.6. The number of likely N-dealkylation sites (tertiary alicyclic amines) is 1. The molecule has 0 saturated carbocycles. The van der Waals surface area contributed by atoms with Gasteiger partial charge in [0.05, 0.1) is 35.5 Å². The maximum atomic E-state index is 11.9. The quantitative estimate of drug-likeness (QED) is 0.799. The number of benzene rings is 1. The molecule has 1 amide bonds. The Morgan fingerprint density at radius 2 is 2.16 bits per heavy atom. The van der Waals surface area contributed by atoms with Gasteiger partial charge >= 0.3 is 0 Å². The Morgan fingerprint density at radius 3 is 2.88 bits per heavy atom.